The van der Waals surface area contributed by atoms with Gasteiger partial charge >= 0.3 is 5.97 Å². The third kappa shape index (κ3) is 9.55. The van der Waals surface area contributed by atoms with E-state index < -0.39 is 60.1 Å². The molecule has 0 aliphatic heterocycles. The molecule has 0 spiro atoms. The molecule has 28 heavy (non-hydrogen) atoms. The Bertz CT molecular complexity index is 586. The fraction of sp³-hybridized carbons (Fsp3) is 0.688. The highest BCUT2D eigenvalue weighted by Gasteiger charge is 2.31. The van der Waals surface area contributed by atoms with Crippen molar-refractivity contribution in [1.29, 1.82) is 0 Å². The monoisotopic (exact) mass is 419 g/mol. The van der Waals surface area contributed by atoms with E-state index in [1.54, 1.807) is 13.8 Å². The molecule has 8 N–H and O–H groups in total. The van der Waals surface area contributed by atoms with Crippen LogP contribution in [-0.2, 0) is 24.0 Å². The van der Waals surface area contributed by atoms with Crippen LogP contribution in [0.1, 0.15) is 26.7 Å². The Kier molecular flexibility index (Phi) is 11.9. The van der Waals surface area contributed by atoms with E-state index in [1.165, 1.54) is 11.8 Å². The fourth-order valence-electron chi connectivity index (χ4n) is 2.21. The second-order valence-corrected chi connectivity index (χ2v) is 7.39. The van der Waals surface area contributed by atoms with Gasteiger partial charge in [-0.15, -0.1) is 0 Å². The van der Waals surface area contributed by atoms with E-state index in [0.29, 0.717) is 12.2 Å². The second-order valence-electron chi connectivity index (χ2n) is 6.41. The first kappa shape index (κ1) is 25.7. The summed E-state index contributed by atoms with van der Waals surface area (Å²) in [5.41, 5.74) is 10.3. The highest BCUT2D eigenvalue weighted by molar-refractivity contribution is 7.98. The molecule has 0 saturated carbocycles. The highest BCUT2D eigenvalue weighted by Crippen LogP contribution is 2.07. The van der Waals surface area contributed by atoms with Gasteiger partial charge < -0.3 is 32.5 Å². The van der Waals surface area contributed by atoms with Crippen LogP contribution in [0.3, 0.4) is 0 Å². The summed E-state index contributed by atoms with van der Waals surface area (Å²) in [6, 6.07) is -3.47. The number of carbonyl (C=O) groups is 5. The van der Waals surface area contributed by atoms with E-state index in [9.17, 15) is 24.0 Å². The molecule has 0 heterocycles. The van der Waals surface area contributed by atoms with Crippen molar-refractivity contribution < 1.29 is 29.1 Å². The Labute approximate surface area is 167 Å². The molecular weight excluding hydrogens is 390 g/mol. The third-order valence-electron chi connectivity index (χ3n) is 3.71. The van der Waals surface area contributed by atoms with Crippen LogP contribution in [0, 0.1) is 5.92 Å². The molecule has 12 heteroatoms. The maximum atomic E-state index is 12.6. The summed E-state index contributed by atoms with van der Waals surface area (Å²) in [6.45, 7) is 3.03. The van der Waals surface area contributed by atoms with Gasteiger partial charge in [-0.05, 0) is 24.3 Å². The number of carbonyl (C=O) groups excluding carboxylic acids is 4. The van der Waals surface area contributed by atoms with E-state index in [-0.39, 0.29) is 6.54 Å². The molecule has 11 nitrogen and oxygen atoms in total. The van der Waals surface area contributed by atoms with Gasteiger partial charge in [-0.1, -0.05) is 13.8 Å². The molecule has 3 atom stereocenters. The number of thioether (sulfide) groups is 1. The molecular formula is C16H29N5O6S. The van der Waals surface area contributed by atoms with Crippen molar-refractivity contribution in [2.75, 3.05) is 18.6 Å². The lowest BCUT2D eigenvalue weighted by Gasteiger charge is -2.26. The van der Waals surface area contributed by atoms with Crippen LogP contribution in [0.4, 0.5) is 0 Å². The van der Waals surface area contributed by atoms with Crippen molar-refractivity contribution in [3.8, 4) is 0 Å². The molecule has 0 aromatic carbocycles. The van der Waals surface area contributed by atoms with E-state index >= 15 is 0 Å². The lowest BCUT2D eigenvalue weighted by atomic mass is 10.0. The normalized spacial score (nSPS) is 13.9. The molecule has 4 amide bonds. The first-order valence-corrected chi connectivity index (χ1v) is 10.0. The number of aliphatic carboxylic acids is 1. The average molecular weight is 420 g/mol. The van der Waals surface area contributed by atoms with Gasteiger partial charge in [0.25, 0.3) is 0 Å². The minimum Gasteiger partial charge on any atom is -0.480 e. The molecule has 0 fully saturated rings. The summed E-state index contributed by atoms with van der Waals surface area (Å²) in [5, 5.41) is 16.3. The van der Waals surface area contributed by atoms with Crippen molar-refractivity contribution in [2.24, 2.45) is 17.4 Å². The maximum Gasteiger partial charge on any atom is 0.326 e. The summed E-state index contributed by atoms with van der Waals surface area (Å²) >= 11 is 1.48. The number of hydrogen-bond acceptors (Lipinski definition) is 7. The van der Waals surface area contributed by atoms with Crippen LogP contribution in [0.2, 0.25) is 0 Å². The smallest absolute Gasteiger partial charge is 0.326 e. The number of hydrogen-bond donors (Lipinski definition) is 6. The fourth-order valence-corrected chi connectivity index (χ4v) is 2.68. The molecule has 0 rings (SSSR count). The molecule has 3 unspecified atom stereocenters. The zero-order valence-electron chi connectivity index (χ0n) is 16.2. The Morgan fingerprint density at radius 1 is 1.00 bits per heavy atom. The number of primary amides is 1. The zero-order valence-corrected chi connectivity index (χ0v) is 17.0. The van der Waals surface area contributed by atoms with Gasteiger partial charge in [-0.3, -0.25) is 19.2 Å². The van der Waals surface area contributed by atoms with E-state index in [2.05, 4.69) is 16.0 Å². The molecule has 160 valence electrons. The second kappa shape index (κ2) is 12.9. The van der Waals surface area contributed by atoms with Gasteiger partial charge in [0.15, 0.2) is 0 Å². The van der Waals surface area contributed by atoms with Gasteiger partial charge in [0.05, 0.1) is 13.0 Å². The summed E-state index contributed by atoms with van der Waals surface area (Å²) in [6.07, 6.45) is 1.59. The van der Waals surface area contributed by atoms with Crippen molar-refractivity contribution in [1.82, 2.24) is 16.0 Å². The summed E-state index contributed by atoms with van der Waals surface area (Å²) < 4.78 is 0. The van der Waals surface area contributed by atoms with Crippen LogP contribution in [0.5, 0.6) is 0 Å². The Balaban J connectivity index is 5.24. The molecule has 0 aliphatic rings. The van der Waals surface area contributed by atoms with Crippen molar-refractivity contribution in [2.45, 2.75) is 44.8 Å². The van der Waals surface area contributed by atoms with Gasteiger partial charge in [0.2, 0.25) is 23.6 Å². The summed E-state index contributed by atoms with van der Waals surface area (Å²) in [4.78, 5) is 58.8. The van der Waals surface area contributed by atoms with E-state index in [4.69, 9.17) is 16.6 Å². The minimum atomic E-state index is -1.51. The molecule has 0 radical (unpaired) electrons. The lowest BCUT2D eigenvalue weighted by molar-refractivity contribution is -0.144. The van der Waals surface area contributed by atoms with Crippen LogP contribution >= 0.6 is 11.8 Å². The van der Waals surface area contributed by atoms with Gasteiger partial charge in [-0.25, -0.2) is 4.79 Å². The maximum absolute atomic E-state index is 12.6. The summed E-state index contributed by atoms with van der Waals surface area (Å²) in [5.74, 6) is -4.00. The van der Waals surface area contributed by atoms with Gasteiger partial charge in [0, 0.05) is 0 Å². The number of carboxylic acids is 1. The van der Waals surface area contributed by atoms with E-state index in [0.717, 1.165) is 0 Å². The predicted octanol–water partition coefficient (Wildman–Crippen LogP) is -2.23. The highest BCUT2D eigenvalue weighted by atomic mass is 32.2. The van der Waals surface area contributed by atoms with Crippen LogP contribution < -0.4 is 27.4 Å². The van der Waals surface area contributed by atoms with Crippen LogP contribution in [0.15, 0.2) is 0 Å². The van der Waals surface area contributed by atoms with E-state index in [1.807, 2.05) is 6.26 Å². The molecule has 0 aliphatic carbocycles. The zero-order chi connectivity index (χ0) is 21.9. The summed E-state index contributed by atoms with van der Waals surface area (Å²) in [7, 11) is 0. The Hall–Kier alpha value is -2.34. The predicted molar refractivity (Wildman–Crippen MR) is 104 cm³/mol. The molecule has 0 bridgehead atoms. The average Bonchev–Trinajstić information content (AvgIpc) is 2.60. The standard InChI is InChI=1S/C16H29N5O6S/c1-8(2)13(15(25)20-10(16(26)27)6-11(18)22)21-14(24)9(4-5-28-3)19-12(23)7-17/h8-10,13H,4-7,17H2,1-3H3,(H2,18,22)(H,19,23)(H,20,25)(H,21,24)(H,26,27). The third-order valence-corrected chi connectivity index (χ3v) is 4.36. The quantitative estimate of drug-likeness (QED) is 0.193. The van der Waals surface area contributed by atoms with Gasteiger partial charge in [-0.2, -0.15) is 11.8 Å². The van der Waals surface area contributed by atoms with Crippen molar-refractivity contribution in [3.05, 3.63) is 0 Å². The van der Waals surface area contributed by atoms with Crippen LogP contribution in [0.25, 0.3) is 0 Å². The first-order chi connectivity index (χ1) is 13.0. The number of carboxylic acid groups (broad SMARTS) is 1. The lowest BCUT2D eigenvalue weighted by Crippen LogP contribution is -2.58. The van der Waals surface area contributed by atoms with Gasteiger partial charge in [0.1, 0.15) is 18.1 Å². The first-order valence-electron chi connectivity index (χ1n) is 8.63. The number of nitrogens with two attached hydrogens (primary N) is 2. The number of amides is 4. The van der Waals surface area contributed by atoms with Crippen molar-refractivity contribution in [3.63, 3.8) is 0 Å². The molecule has 0 saturated heterocycles. The molecule has 0 aromatic rings. The Morgan fingerprint density at radius 2 is 1.61 bits per heavy atom. The number of rotatable bonds is 13. The number of nitrogens with one attached hydrogen (secondary N) is 3. The van der Waals surface area contributed by atoms with Crippen LogP contribution in [-0.4, -0.2) is 71.4 Å². The largest absolute Gasteiger partial charge is 0.480 e. The van der Waals surface area contributed by atoms with Crippen molar-refractivity contribution >= 4 is 41.4 Å². The Morgan fingerprint density at radius 3 is 2.04 bits per heavy atom. The molecule has 0 aromatic heterocycles. The minimum absolute atomic E-state index is 0.287. The SMILES string of the molecule is CSCCC(NC(=O)CN)C(=O)NC(C(=O)NC(CC(N)=O)C(=O)O)C(C)C. The topological polar surface area (TPSA) is 194 Å².